The van der Waals surface area contributed by atoms with Crippen LogP contribution >= 0.6 is 0 Å². The Morgan fingerprint density at radius 2 is 2.10 bits per heavy atom. The van der Waals surface area contributed by atoms with E-state index < -0.39 is 0 Å². The number of nitrogens with one attached hydrogen (secondary N) is 1. The number of hydrogen-bond donors (Lipinski definition) is 1. The molecule has 1 saturated heterocycles. The molecule has 0 radical (unpaired) electrons. The molecule has 0 saturated carbocycles. The second-order valence-electron chi connectivity index (χ2n) is 5.87. The monoisotopic (exact) mass is 275 g/mol. The van der Waals surface area contributed by atoms with Crippen LogP contribution in [0.25, 0.3) is 0 Å². The molecular weight excluding hydrogens is 250 g/mol. The summed E-state index contributed by atoms with van der Waals surface area (Å²) in [4.78, 5) is 0. The first-order chi connectivity index (χ1) is 9.92. The second kappa shape index (κ2) is 7.21. The van der Waals surface area contributed by atoms with E-state index in [0.29, 0.717) is 12.1 Å². The van der Waals surface area contributed by atoms with Crippen LogP contribution in [0.2, 0.25) is 0 Å². The van der Waals surface area contributed by atoms with Crippen molar-refractivity contribution in [1.29, 1.82) is 0 Å². The van der Waals surface area contributed by atoms with Crippen molar-refractivity contribution in [3.63, 3.8) is 0 Å². The molecular formula is C17H25NO2. The maximum Gasteiger partial charge on any atom is 0.0830 e. The van der Waals surface area contributed by atoms with Crippen molar-refractivity contribution < 1.29 is 9.47 Å². The Kier molecular flexibility index (Phi) is 5.06. The van der Waals surface area contributed by atoms with E-state index in [1.165, 1.54) is 30.4 Å². The highest BCUT2D eigenvalue weighted by molar-refractivity contribution is 5.30. The average Bonchev–Trinajstić information content (AvgIpc) is 3.00. The minimum absolute atomic E-state index is 0.344. The van der Waals surface area contributed by atoms with Crippen molar-refractivity contribution in [3.8, 4) is 0 Å². The number of hydrogen-bond acceptors (Lipinski definition) is 3. The van der Waals surface area contributed by atoms with Crippen molar-refractivity contribution in [2.75, 3.05) is 26.4 Å². The SMILES string of the molecule is c1ccc2c(c1)CC[C@@H](NCCCO[C@H]1CCOC1)C2. The van der Waals surface area contributed by atoms with Gasteiger partial charge in [-0.15, -0.1) is 0 Å². The van der Waals surface area contributed by atoms with Gasteiger partial charge in [-0.1, -0.05) is 24.3 Å². The second-order valence-corrected chi connectivity index (χ2v) is 5.87. The summed E-state index contributed by atoms with van der Waals surface area (Å²) < 4.78 is 11.1. The van der Waals surface area contributed by atoms with Gasteiger partial charge in [-0.3, -0.25) is 0 Å². The van der Waals surface area contributed by atoms with E-state index in [9.17, 15) is 0 Å². The van der Waals surface area contributed by atoms with E-state index in [0.717, 1.165) is 39.2 Å². The smallest absolute Gasteiger partial charge is 0.0830 e. The van der Waals surface area contributed by atoms with Gasteiger partial charge in [0, 0.05) is 19.3 Å². The average molecular weight is 275 g/mol. The molecule has 1 aliphatic carbocycles. The molecule has 1 heterocycles. The Balaban J connectivity index is 1.31. The predicted octanol–water partition coefficient (Wildman–Crippen LogP) is 2.33. The summed E-state index contributed by atoms with van der Waals surface area (Å²) in [6, 6.07) is 9.48. The van der Waals surface area contributed by atoms with Crippen molar-refractivity contribution in [3.05, 3.63) is 35.4 Å². The number of benzene rings is 1. The molecule has 0 spiro atoms. The van der Waals surface area contributed by atoms with Gasteiger partial charge >= 0.3 is 0 Å². The molecule has 2 aliphatic rings. The summed E-state index contributed by atoms with van der Waals surface area (Å²) >= 11 is 0. The van der Waals surface area contributed by atoms with Crippen LogP contribution in [0.5, 0.6) is 0 Å². The fourth-order valence-corrected chi connectivity index (χ4v) is 3.14. The third kappa shape index (κ3) is 3.81. The molecule has 110 valence electrons. The van der Waals surface area contributed by atoms with E-state index >= 15 is 0 Å². The lowest BCUT2D eigenvalue weighted by Crippen LogP contribution is -2.35. The van der Waals surface area contributed by atoms with Gasteiger partial charge in [0.05, 0.1) is 12.7 Å². The Labute approximate surface area is 121 Å². The number of rotatable bonds is 6. The molecule has 3 heteroatoms. The molecule has 3 nitrogen and oxygen atoms in total. The van der Waals surface area contributed by atoms with Crippen molar-refractivity contribution >= 4 is 0 Å². The van der Waals surface area contributed by atoms with Crippen LogP contribution in [-0.4, -0.2) is 38.5 Å². The van der Waals surface area contributed by atoms with Crippen LogP contribution in [0.15, 0.2) is 24.3 Å². The third-order valence-corrected chi connectivity index (χ3v) is 4.34. The van der Waals surface area contributed by atoms with Crippen LogP contribution in [0, 0.1) is 0 Å². The molecule has 2 atom stereocenters. The number of ether oxygens (including phenoxy) is 2. The first kappa shape index (κ1) is 14.1. The molecule has 0 aromatic heterocycles. The quantitative estimate of drug-likeness (QED) is 0.808. The van der Waals surface area contributed by atoms with Gasteiger partial charge in [0.15, 0.2) is 0 Å². The van der Waals surface area contributed by atoms with Crippen molar-refractivity contribution in [2.45, 2.75) is 44.2 Å². The molecule has 20 heavy (non-hydrogen) atoms. The molecule has 0 unspecified atom stereocenters. The Hall–Kier alpha value is -0.900. The standard InChI is InChI=1S/C17H25NO2/c1-2-5-15-12-16(7-6-14(15)4-1)18-9-3-10-20-17-8-11-19-13-17/h1-2,4-5,16-18H,3,6-13H2/t16-,17+/m1/s1. The lowest BCUT2D eigenvalue weighted by molar-refractivity contribution is 0.0413. The van der Waals surface area contributed by atoms with E-state index in [-0.39, 0.29) is 0 Å². The maximum atomic E-state index is 5.78. The molecule has 1 aromatic rings. The van der Waals surface area contributed by atoms with Crippen LogP contribution in [0.3, 0.4) is 0 Å². The fourth-order valence-electron chi connectivity index (χ4n) is 3.14. The fraction of sp³-hybridized carbons (Fsp3) is 0.647. The highest BCUT2D eigenvalue weighted by Crippen LogP contribution is 2.20. The summed E-state index contributed by atoms with van der Waals surface area (Å²) in [5.74, 6) is 0. The molecule has 3 rings (SSSR count). The third-order valence-electron chi connectivity index (χ3n) is 4.34. The van der Waals surface area contributed by atoms with Gasteiger partial charge in [-0.25, -0.2) is 0 Å². The zero-order valence-electron chi connectivity index (χ0n) is 12.1. The topological polar surface area (TPSA) is 30.5 Å². The van der Waals surface area contributed by atoms with Gasteiger partial charge in [0.2, 0.25) is 0 Å². The van der Waals surface area contributed by atoms with Crippen molar-refractivity contribution in [2.24, 2.45) is 0 Å². The van der Waals surface area contributed by atoms with Crippen LogP contribution in [0.4, 0.5) is 0 Å². The normalized spacial score (nSPS) is 25.6. The Morgan fingerprint density at radius 1 is 1.20 bits per heavy atom. The summed E-state index contributed by atoms with van der Waals surface area (Å²) in [7, 11) is 0. The van der Waals surface area contributed by atoms with Gasteiger partial charge in [-0.2, -0.15) is 0 Å². The first-order valence-corrected chi connectivity index (χ1v) is 7.91. The van der Waals surface area contributed by atoms with E-state index in [4.69, 9.17) is 9.47 Å². The highest BCUT2D eigenvalue weighted by Gasteiger charge is 2.18. The summed E-state index contributed by atoms with van der Waals surface area (Å²) in [5.41, 5.74) is 3.06. The largest absolute Gasteiger partial charge is 0.379 e. The maximum absolute atomic E-state index is 5.78. The zero-order valence-corrected chi connectivity index (χ0v) is 12.1. The predicted molar refractivity (Wildman–Crippen MR) is 80.1 cm³/mol. The summed E-state index contributed by atoms with van der Waals surface area (Å²) in [6.07, 6.45) is 6.14. The van der Waals surface area contributed by atoms with Gasteiger partial charge in [-0.05, 0) is 49.8 Å². The van der Waals surface area contributed by atoms with E-state index in [1.54, 1.807) is 0 Å². The molecule has 1 fully saturated rings. The minimum Gasteiger partial charge on any atom is -0.379 e. The van der Waals surface area contributed by atoms with Gasteiger partial charge in [0.25, 0.3) is 0 Å². The van der Waals surface area contributed by atoms with Crippen LogP contribution in [-0.2, 0) is 22.3 Å². The van der Waals surface area contributed by atoms with E-state index in [2.05, 4.69) is 29.6 Å². The Morgan fingerprint density at radius 3 is 2.95 bits per heavy atom. The molecule has 0 bridgehead atoms. The van der Waals surface area contributed by atoms with Crippen molar-refractivity contribution in [1.82, 2.24) is 5.32 Å². The van der Waals surface area contributed by atoms with Crippen LogP contribution in [0.1, 0.15) is 30.4 Å². The Bertz CT molecular complexity index is 415. The number of fused-ring (bicyclic) bond motifs is 1. The van der Waals surface area contributed by atoms with Gasteiger partial charge in [0.1, 0.15) is 0 Å². The van der Waals surface area contributed by atoms with E-state index in [1.807, 2.05) is 0 Å². The highest BCUT2D eigenvalue weighted by atomic mass is 16.5. The lowest BCUT2D eigenvalue weighted by Gasteiger charge is -2.25. The minimum atomic E-state index is 0.344. The summed E-state index contributed by atoms with van der Waals surface area (Å²) in [5, 5.41) is 3.68. The van der Waals surface area contributed by atoms with Crippen LogP contribution < -0.4 is 5.32 Å². The summed E-state index contributed by atoms with van der Waals surface area (Å²) in [6.45, 7) is 3.56. The number of aryl methyl sites for hydroxylation is 1. The lowest BCUT2D eigenvalue weighted by atomic mass is 9.88. The first-order valence-electron chi connectivity index (χ1n) is 7.91. The zero-order chi connectivity index (χ0) is 13.6. The van der Waals surface area contributed by atoms with Gasteiger partial charge < -0.3 is 14.8 Å². The molecule has 1 aromatic carbocycles. The molecule has 0 amide bonds. The molecule has 1 N–H and O–H groups in total. The molecule has 1 aliphatic heterocycles.